The summed E-state index contributed by atoms with van der Waals surface area (Å²) < 4.78 is 5.72. The first-order valence-corrected chi connectivity index (χ1v) is 11.1. The number of hydrogen-bond acceptors (Lipinski definition) is 6. The van der Waals surface area contributed by atoms with Gasteiger partial charge in [0.2, 0.25) is 0 Å². The number of nitrogens with zero attached hydrogens (tertiary/aromatic N) is 3. The average molecular weight is 536 g/mol. The van der Waals surface area contributed by atoms with Crippen molar-refractivity contribution in [1.29, 1.82) is 0 Å². The highest BCUT2D eigenvalue weighted by atomic mass is 127. The Morgan fingerprint density at radius 3 is 2.96 bits per heavy atom. The lowest BCUT2D eigenvalue weighted by molar-refractivity contribution is -0.0334. The molecule has 0 aliphatic carbocycles. The molecule has 3 heterocycles. The van der Waals surface area contributed by atoms with Crippen LogP contribution in [0.1, 0.15) is 27.7 Å². The molecule has 2 atom stereocenters. The predicted octanol–water partition coefficient (Wildman–Crippen LogP) is 3.30. The van der Waals surface area contributed by atoms with Crippen LogP contribution >= 0.6 is 46.7 Å². The lowest BCUT2D eigenvalue weighted by Gasteiger charge is -2.37. The van der Waals surface area contributed by atoms with Crippen LogP contribution in [0.15, 0.2) is 28.7 Å². The minimum Gasteiger partial charge on any atom is -0.376 e. The molecule has 1 saturated heterocycles. The van der Waals surface area contributed by atoms with Gasteiger partial charge in [0.25, 0.3) is 0 Å². The molecule has 0 spiro atoms. The zero-order valence-corrected chi connectivity index (χ0v) is 20.6. The number of aryl methyl sites for hydroxylation is 1. The second-order valence-corrected chi connectivity index (χ2v) is 9.00. The van der Waals surface area contributed by atoms with Crippen LogP contribution < -0.4 is 10.6 Å². The number of aliphatic imine (C=N–C) groups is 1. The molecule has 2 aromatic heterocycles. The number of thiazole rings is 1. The number of morpholine rings is 1. The molecule has 0 bridgehead atoms. The molecule has 156 valence electrons. The van der Waals surface area contributed by atoms with Crippen molar-refractivity contribution in [3.05, 3.63) is 38.5 Å². The molecule has 2 N–H and O–H groups in total. The van der Waals surface area contributed by atoms with E-state index in [2.05, 4.69) is 56.9 Å². The number of thiophene rings is 1. The summed E-state index contributed by atoms with van der Waals surface area (Å²) in [6, 6.07) is 4.68. The van der Waals surface area contributed by atoms with Gasteiger partial charge in [-0.15, -0.1) is 46.7 Å². The van der Waals surface area contributed by atoms with E-state index in [4.69, 9.17) is 4.74 Å². The Hall–Kier alpha value is -0.750. The molecular formula is C19H30IN5OS2. The van der Waals surface area contributed by atoms with Gasteiger partial charge in [0.15, 0.2) is 5.96 Å². The average Bonchev–Trinajstić information content (AvgIpc) is 3.32. The van der Waals surface area contributed by atoms with Gasteiger partial charge in [-0.3, -0.25) is 9.89 Å². The van der Waals surface area contributed by atoms with Gasteiger partial charge in [0.05, 0.1) is 23.8 Å². The van der Waals surface area contributed by atoms with Crippen LogP contribution in [-0.2, 0) is 11.2 Å². The Kier molecular flexibility index (Phi) is 10.1. The van der Waals surface area contributed by atoms with Gasteiger partial charge < -0.3 is 15.4 Å². The molecule has 1 aliphatic heterocycles. The number of aromatic nitrogens is 1. The van der Waals surface area contributed by atoms with Gasteiger partial charge in [-0.1, -0.05) is 6.07 Å². The summed E-state index contributed by atoms with van der Waals surface area (Å²) in [7, 11) is 1.82. The van der Waals surface area contributed by atoms with Crippen LogP contribution in [0, 0.1) is 6.92 Å². The molecule has 0 amide bonds. The zero-order valence-electron chi connectivity index (χ0n) is 16.7. The van der Waals surface area contributed by atoms with E-state index in [1.165, 1.54) is 9.75 Å². The number of halogens is 1. The van der Waals surface area contributed by atoms with Gasteiger partial charge in [-0.25, -0.2) is 4.98 Å². The molecule has 28 heavy (non-hydrogen) atoms. The molecule has 1 fully saturated rings. The van der Waals surface area contributed by atoms with Crippen molar-refractivity contribution in [2.24, 2.45) is 4.99 Å². The molecule has 2 aromatic rings. The third-order valence-corrected chi connectivity index (χ3v) is 6.52. The van der Waals surface area contributed by atoms with Gasteiger partial charge in [0.1, 0.15) is 0 Å². The molecule has 2 unspecified atom stereocenters. The molecular weight excluding hydrogens is 505 g/mol. The van der Waals surface area contributed by atoms with E-state index >= 15 is 0 Å². The smallest absolute Gasteiger partial charge is 0.191 e. The summed E-state index contributed by atoms with van der Waals surface area (Å²) in [5.74, 6) is 0.839. The number of ether oxygens (including phenoxy) is 1. The van der Waals surface area contributed by atoms with E-state index in [1.807, 2.05) is 24.6 Å². The first-order valence-electron chi connectivity index (χ1n) is 9.40. The Morgan fingerprint density at radius 2 is 2.32 bits per heavy atom. The molecule has 9 heteroatoms. The lowest BCUT2D eigenvalue weighted by atomic mass is 10.1. The van der Waals surface area contributed by atoms with E-state index < -0.39 is 0 Å². The van der Waals surface area contributed by atoms with Gasteiger partial charge in [0, 0.05) is 55.6 Å². The summed E-state index contributed by atoms with van der Waals surface area (Å²) in [5, 5.41) is 10.2. The van der Waals surface area contributed by atoms with Crippen molar-refractivity contribution in [1.82, 2.24) is 20.5 Å². The van der Waals surface area contributed by atoms with Crippen LogP contribution in [0.4, 0.5) is 0 Å². The first kappa shape index (κ1) is 23.5. The van der Waals surface area contributed by atoms with Crippen molar-refractivity contribution >= 4 is 52.6 Å². The van der Waals surface area contributed by atoms with Crippen molar-refractivity contribution < 1.29 is 4.74 Å². The molecule has 0 aromatic carbocycles. The van der Waals surface area contributed by atoms with Crippen LogP contribution in [0.2, 0.25) is 0 Å². The minimum absolute atomic E-state index is 0. The Bertz CT molecular complexity index is 722. The van der Waals surface area contributed by atoms with E-state index in [0.717, 1.165) is 50.2 Å². The summed E-state index contributed by atoms with van der Waals surface area (Å²) in [4.78, 5) is 13.9. The van der Waals surface area contributed by atoms with Crippen molar-refractivity contribution in [2.75, 3.05) is 39.8 Å². The predicted molar refractivity (Wildman–Crippen MR) is 129 cm³/mol. The van der Waals surface area contributed by atoms with E-state index in [0.29, 0.717) is 6.04 Å². The van der Waals surface area contributed by atoms with E-state index in [-0.39, 0.29) is 30.1 Å². The van der Waals surface area contributed by atoms with Crippen LogP contribution in [-0.4, -0.2) is 61.8 Å². The maximum absolute atomic E-state index is 5.72. The maximum Gasteiger partial charge on any atom is 0.191 e. The highest BCUT2D eigenvalue weighted by molar-refractivity contribution is 14.0. The fourth-order valence-corrected chi connectivity index (χ4v) is 4.89. The second kappa shape index (κ2) is 12.1. The normalized spacial score (nSPS) is 19.1. The van der Waals surface area contributed by atoms with Gasteiger partial charge in [-0.2, -0.15) is 0 Å². The number of nitrogens with one attached hydrogen (secondary N) is 2. The Labute approximate surface area is 192 Å². The van der Waals surface area contributed by atoms with Crippen molar-refractivity contribution in [3.63, 3.8) is 0 Å². The quantitative estimate of drug-likeness (QED) is 0.324. The maximum atomic E-state index is 5.72. The fourth-order valence-electron chi connectivity index (χ4n) is 3.24. The van der Waals surface area contributed by atoms with Crippen molar-refractivity contribution in [3.8, 4) is 0 Å². The molecule has 6 nitrogen and oxygen atoms in total. The summed E-state index contributed by atoms with van der Waals surface area (Å²) in [6.45, 7) is 8.60. The minimum atomic E-state index is 0. The van der Waals surface area contributed by atoms with Crippen LogP contribution in [0.5, 0.6) is 0 Å². The third kappa shape index (κ3) is 6.94. The summed E-state index contributed by atoms with van der Waals surface area (Å²) in [5.41, 5.74) is 0. The molecule has 1 aliphatic rings. The Balaban J connectivity index is 0.00000280. The zero-order chi connectivity index (χ0) is 19.1. The lowest BCUT2D eigenvalue weighted by Crippen LogP contribution is -2.48. The fraction of sp³-hybridized carbons (Fsp3) is 0.579. The summed E-state index contributed by atoms with van der Waals surface area (Å²) in [6.07, 6.45) is 3.12. The molecule has 0 saturated carbocycles. The summed E-state index contributed by atoms with van der Waals surface area (Å²) >= 11 is 3.57. The first-order chi connectivity index (χ1) is 13.2. The van der Waals surface area contributed by atoms with Crippen LogP contribution in [0.3, 0.4) is 0 Å². The largest absolute Gasteiger partial charge is 0.376 e. The number of hydrogen-bond donors (Lipinski definition) is 2. The third-order valence-electron chi connectivity index (χ3n) is 4.57. The van der Waals surface area contributed by atoms with Crippen LogP contribution in [0.25, 0.3) is 0 Å². The monoisotopic (exact) mass is 535 g/mol. The highest BCUT2D eigenvalue weighted by Crippen LogP contribution is 2.26. The van der Waals surface area contributed by atoms with E-state index in [1.54, 1.807) is 11.3 Å². The van der Waals surface area contributed by atoms with Gasteiger partial charge in [-0.05, 0) is 25.3 Å². The van der Waals surface area contributed by atoms with Gasteiger partial charge >= 0.3 is 0 Å². The highest BCUT2D eigenvalue weighted by Gasteiger charge is 2.26. The Morgan fingerprint density at radius 1 is 1.46 bits per heavy atom. The molecule has 0 radical (unpaired) electrons. The van der Waals surface area contributed by atoms with E-state index in [9.17, 15) is 0 Å². The number of guanidine groups is 1. The standard InChI is InChI=1S/C19H29N5OS2.HI/c1-14-13-24(8-9-25-14)16(17-5-4-10-26-17)12-23-19(20-3)21-7-6-18-22-11-15(2)27-18;/h4-5,10-11,14,16H,6-9,12-13H2,1-3H3,(H2,20,21,23);1H. The number of rotatable bonds is 7. The molecule has 3 rings (SSSR count). The topological polar surface area (TPSA) is 61.8 Å². The van der Waals surface area contributed by atoms with Crippen molar-refractivity contribution in [2.45, 2.75) is 32.4 Å². The second-order valence-electron chi connectivity index (χ2n) is 6.70. The SMILES string of the molecule is CN=C(NCCc1ncc(C)s1)NCC(c1cccs1)N1CCOC(C)C1.I.